The maximum Gasteiger partial charge on any atom is 0.255 e. The number of rotatable bonds is 5. The average molecular weight is 241 g/mol. The zero-order valence-electron chi connectivity index (χ0n) is 9.11. The number of alkyl halides is 2. The molecule has 0 aromatic heterocycles. The molecule has 92 valence electrons. The summed E-state index contributed by atoms with van der Waals surface area (Å²) in [7, 11) is 0. The van der Waals surface area contributed by atoms with Crippen molar-refractivity contribution in [2.24, 2.45) is 0 Å². The molecule has 0 aliphatic heterocycles. The number of aliphatic hydroxyl groups is 1. The summed E-state index contributed by atoms with van der Waals surface area (Å²) in [6.07, 6.45) is -2.51. The Morgan fingerprint density at radius 3 is 2.71 bits per heavy atom. The molecular formula is C11H13F2N3O. The van der Waals surface area contributed by atoms with Gasteiger partial charge in [0.25, 0.3) is 6.43 Å². The van der Waals surface area contributed by atoms with Gasteiger partial charge in [0.2, 0.25) is 0 Å². The molecule has 0 bridgehead atoms. The Morgan fingerprint density at radius 1 is 1.47 bits per heavy atom. The highest BCUT2D eigenvalue weighted by Gasteiger charge is 2.13. The first-order valence-electron chi connectivity index (χ1n) is 5.02. The molecule has 17 heavy (non-hydrogen) atoms. The Kier molecular flexibility index (Phi) is 4.67. The number of halogens is 2. The Labute approximate surface area is 97.9 Å². The van der Waals surface area contributed by atoms with Gasteiger partial charge in [0.15, 0.2) is 0 Å². The fraction of sp³-hybridized carbons (Fsp3) is 0.364. The van der Waals surface area contributed by atoms with E-state index in [0.717, 1.165) is 0 Å². The van der Waals surface area contributed by atoms with E-state index in [0.29, 0.717) is 11.4 Å². The summed E-state index contributed by atoms with van der Waals surface area (Å²) in [5.74, 6) is 0. The first kappa shape index (κ1) is 13.2. The number of nitrogen functional groups attached to an aromatic ring is 1. The molecule has 4 nitrogen and oxygen atoms in total. The van der Waals surface area contributed by atoms with Gasteiger partial charge in [0.05, 0.1) is 18.7 Å². The van der Waals surface area contributed by atoms with Crippen molar-refractivity contribution < 1.29 is 13.9 Å². The van der Waals surface area contributed by atoms with Crippen molar-refractivity contribution in [2.75, 3.05) is 30.3 Å². The van der Waals surface area contributed by atoms with Crippen LogP contribution < -0.4 is 10.6 Å². The summed E-state index contributed by atoms with van der Waals surface area (Å²) < 4.78 is 24.7. The highest BCUT2D eigenvalue weighted by Crippen LogP contribution is 2.21. The van der Waals surface area contributed by atoms with E-state index in [9.17, 15) is 8.78 Å². The van der Waals surface area contributed by atoms with Crippen molar-refractivity contribution in [3.8, 4) is 6.07 Å². The second kappa shape index (κ2) is 6.01. The number of hydrogen-bond acceptors (Lipinski definition) is 4. The minimum Gasteiger partial charge on any atom is -0.398 e. The fourth-order valence-electron chi connectivity index (χ4n) is 1.45. The SMILES string of the molecule is N#Cc1cc(N(CCO)CC(F)F)ccc1N. The van der Waals surface area contributed by atoms with Crippen LogP contribution in [0.3, 0.4) is 0 Å². The third kappa shape index (κ3) is 3.57. The molecule has 1 rings (SSSR count). The van der Waals surface area contributed by atoms with E-state index in [-0.39, 0.29) is 18.7 Å². The molecule has 0 atom stereocenters. The maximum atomic E-state index is 12.3. The van der Waals surface area contributed by atoms with Crippen LogP contribution in [-0.2, 0) is 0 Å². The normalized spacial score (nSPS) is 10.3. The molecule has 0 amide bonds. The second-order valence-electron chi connectivity index (χ2n) is 3.44. The molecule has 1 aromatic carbocycles. The van der Waals surface area contributed by atoms with Crippen LogP contribution >= 0.6 is 0 Å². The third-order valence-corrected chi connectivity index (χ3v) is 2.25. The van der Waals surface area contributed by atoms with Crippen molar-refractivity contribution in [1.29, 1.82) is 5.26 Å². The van der Waals surface area contributed by atoms with Crippen molar-refractivity contribution in [1.82, 2.24) is 0 Å². The zero-order valence-corrected chi connectivity index (χ0v) is 9.11. The van der Waals surface area contributed by atoms with Gasteiger partial charge < -0.3 is 15.7 Å². The second-order valence-corrected chi connectivity index (χ2v) is 3.44. The van der Waals surface area contributed by atoms with Crippen molar-refractivity contribution >= 4 is 11.4 Å². The van der Waals surface area contributed by atoms with Gasteiger partial charge >= 0.3 is 0 Å². The number of anilines is 2. The number of nitriles is 1. The zero-order chi connectivity index (χ0) is 12.8. The highest BCUT2D eigenvalue weighted by molar-refractivity contribution is 5.62. The molecule has 0 spiro atoms. The Balaban J connectivity index is 2.98. The summed E-state index contributed by atoms with van der Waals surface area (Å²) in [6, 6.07) is 6.36. The Hall–Kier alpha value is -1.87. The van der Waals surface area contributed by atoms with Crippen LogP contribution in [0, 0.1) is 11.3 Å². The van der Waals surface area contributed by atoms with Gasteiger partial charge in [-0.25, -0.2) is 8.78 Å². The van der Waals surface area contributed by atoms with Gasteiger partial charge in [0, 0.05) is 17.9 Å². The number of hydrogen-bond donors (Lipinski definition) is 2. The number of nitrogens with zero attached hydrogens (tertiary/aromatic N) is 2. The lowest BCUT2D eigenvalue weighted by Gasteiger charge is -2.23. The fourth-order valence-corrected chi connectivity index (χ4v) is 1.45. The van der Waals surface area contributed by atoms with Crippen LogP contribution in [0.15, 0.2) is 18.2 Å². The first-order chi connectivity index (χ1) is 8.08. The molecule has 1 aromatic rings. The van der Waals surface area contributed by atoms with Crippen LogP contribution in [0.1, 0.15) is 5.56 Å². The molecule has 0 unspecified atom stereocenters. The molecule has 0 saturated carbocycles. The summed E-state index contributed by atoms with van der Waals surface area (Å²) in [5.41, 5.74) is 6.52. The summed E-state index contributed by atoms with van der Waals surface area (Å²) in [6.45, 7) is -0.645. The minimum absolute atomic E-state index is 0.0825. The van der Waals surface area contributed by atoms with Gasteiger partial charge in [-0.2, -0.15) is 5.26 Å². The van der Waals surface area contributed by atoms with Crippen LogP contribution in [0.4, 0.5) is 20.2 Å². The van der Waals surface area contributed by atoms with Gasteiger partial charge in [-0.1, -0.05) is 0 Å². The monoisotopic (exact) mass is 241 g/mol. The van der Waals surface area contributed by atoms with E-state index in [1.165, 1.54) is 17.0 Å². The Bertz CT molecular complexity index is 418. The summed E-state index contributed by atoms with van der Waals surface area (Å²) >= 11 is 0. The van der Waals surface area contributed by atoms with Gasteiger partial charge in [-0.05, 0) is 18.2 Å². The summed E-state index contributed by atoms with van der Waals surface area (Å²) in [5, 5.41) is 17.6. The quantitative estimate of drug-likeness (QED) is 0.760. The predicted octanol–water partition coefficient (Wildman–Crippen LogP) is 1.20. The maximum absolute atomic E-state index is 12.3. The third-order valence-electron chi connectivity index (χ3n) is 2.25. The smallest absolute Gasteiger partial charge is 0.255 e. The topological polar surface area (TPSA) is 73.3 Å². The molecule has 6 heteroatoms. The van der Waals surface area contributed by atoms with Crippen LogP contribution in [0.5, 0.6) is 0 Å². The van der Waals surface area contributed by atoms with E-state index in [2.05, 4.69) is 0 Å². The molecule has 0 aliphatic carbocycles. The molecule has 0 fully saturated rings. The van der Waals surface area contributed by atoms with E-state index in [1.54, 1.807) is 6.07 Å². The standard InChI is InChI=1S/C11H13F2N3O/c12-11(13)7-16(3-4-17)9-1-2-10(15)8(5-9)6-14/h1-2,5,11,17H,3-4,7,15H2. The first-order valence-corrected chi connectivity index (χ1v) is 5.02. The van der Waals surface area contributed by atoms with E-state index in [4.69, 9.17) is 16.1 Å². The number of benzene rings is 1. The largest absolute Gasteiger partial charge is 0.398 e. The molecule has 0 radical (unpaired) electrons. The molecular weight excluding hydrogens is 228 g/mol. The van der Waals surface area contributed by atoms with Gasteiger partial charge in [0.1, 0.15) is 6.07 Å². The van der Waals surface area contributed by atoms with E-state index >= 15 is 0 Å². The van der Waals surface area contributed by atoms with E-state index in [1.807, 2.05) is 6.07 Å². The van der Waals surface area contributed by atoms with Crippen LogP contribution in [0.25, 0.3) is 0 Å². The van der Waals surface area contributed by atoms with Gasteiger partial charge in [-0.15, -0.1) is 0 Å². The lowest BCUT2D eigenvalue weighted by Crippen LogP contribution is -2.31. The predicted molar refractivity (Wildman–Crippen MR) is 60.9 cm³/mol. The van der Waals surface area contributed by atoms with Crippen molar-refractivity contribution in [3.63, 3.8) is 0 Å². The van der Waals surface area contributed by atoms with Crippen molar-refractivity contribution in [2.45, 2.75) is 6.43 Å². The Morgan fingerprint density at radius 2 is 2.18 bits per heavy atom. The molecule has 0 heterocycles. The number of aliphatic hydroxyl groups excluding tert-OH is 1. The van der Waals surface area contributed by atoms with Crippen molar-refractivity contribution in [3.05, 3.63) is 23.8 Å². The van der Waals surface area contributed by atoms with Crippen LogP contribution in [0.2, 0.25) is 0 Å². The van der Waals surface area contributed by atoms with Crippen LogP contribution in [-0.4, -0.2) is 31.2 Å². The minimum atomic E-state index is -2.51. The molecule has 0 saturated heterocycles. The number of nitrogens with two attached hydrogens (primary N) is 1. The molecule has 3 N–H and O–H groups in total. The summed E-state index contributed by atoms with van der Waals surface area (Å²) in [4.78, 5) is 1.31. The highest BCUT2D eigenvalue weighted by atomic mass is 19.3. The molecule has 0 aliphatic rings. The van der Waals surface area contributed by atoms with Gasteiger partial charge in [-0.3, -0.25) is 0 Å². The van der Waals surface area contributed by atoms with E-state index < -0.39 is 13.0 Å². The lowest BCUT2D eigenvalue weighted by molar-refractivity contribution is 0.153. The average Bonchev–Trinajstić information content (AvgIpc) is 2.28. The lowest BCUT2D eigenvalue weighted by atomic mass is 10.1.